The highest BCUT2D eigenvalue weighted by Crippen LogP contribution is 2.18. The van der Waals surface area contributed by atoms with Crippen molar-refractivity contribution in [2.45, 2.75) is 19.5 Å². The summed E-state index contributed by atoms with van der Waals surface area (Å²) in [5, 5.41) is 2.23. The SMILES string of the molecule is Cc1ccc(C(=O)NCCC(F)(F)F)cc1C#CCN. The summed E-state index contributed by atoms with van der Waals surface area (Å²) in [5.74, 6) is 4.93. The number of nitrogens with two attached hydrogens (primary N) is 1. The van der Waals surface area contributed by atoms with Crippen LogP contribution in [-0.2, 0) is 0 Å². The summed E-state index contributed by atoms with van der Waals surface area (Å²) in [4.78, 5) is 11.7. The molecule has 0 saturated carbocycles. The topological polar surface area (TPSA) is 55.1 Å². The van der Waals surface area contributed by atoms with E-state index in [0.29, 0.717) is 5.56 Å². The lowest BCUT2D eigenvalue weighted by atomic mass is 10.0. The Kier molecular flexibility index (Phi) is 5.59. The van der Waals surface area contributed by atoms with Crippen LogP contribution in [0.25, 0.3) is 0 Å². The lowest BCUT2D eigenvalue weighted by Gasteiger charge is -2.08. The molecule has 0 heterocycles. The molecule has 0 bridgehead atoms. The molecule has 0 unspecified atom stereocenters. The first kappa shape index (κ1) is 16.1. The van der Waals surface area contributed by atoms with Gasteiger partial charge in [-0.2, -0.15) is 13.2 Å². The van der Waals surface area contributed by atoms with Crippen LogP contribution in [0.1, 0.15) is 27.9 Å². The minimum atomic E-state index is -4.28. The van der Waals surface area contributed by atoms with E-state index in [4.69, 9.17) is 5.73 Å². The molecule has 0 spiro atoms. The van der Waals surface area contributed by atoms with Crippen LogP contribution in [0.3, 0.4) is 0 Å². The van der Waals surface area contributed by atoms with Gasteiger partial charge < -0.3 is 11.1 Å². The normalized spacial score (nSPS) is 10.7. The second-order valence-electron chi connectivity index (χ2n) is 4.16. The number of rotatable bonds is 3. The molecule has 1 amide bonds. The molecule has 3 nitrogen and oxygen atoms in total. The molecular weight excluding hydrogens is 269 g/mol. The summed E-state index contributed by atoms with van der Waals surface area (Å²) in [6.07, 6.45) is -5.33. The Morgan fingerprint density at radius 2 is 2.10 bits per heavy atom. The van der Waals surface area contributed by atoms with Crippen molar-refractivity contribution < 1.29 is 18.0 Å². The molecule has 1 rings (SSSR count). The first-order chi connectivity index (χ1) is 9.33. The number of benzene rings is 1. The van der Waals surface area contributed by atoms with E-state index in [0.717, 1.165) is 5.56 Å². The molecule has 1 aromatic carbocycles. The lowest BCUT2D eigenvalue weighted by Crippen LogP contribution is -2.28. The summed E-state index contributed by atoms with van der Waals surface area (Å²) in [7, 11) is 0. The average Bonchev–Trinajstić information content (AvgIpc) is 2.36. The zero-order chi connectivity index (χ0) is 15.2. The summed E-state index contributed by atoms with van der Waals surface area (Å²) in [6, 6.07) is 4.78. The lowest BCUT2D eigenvalue weighted by molar-refractivity contribution is -0.132. The maximum absolute atomic E-state index is 12.0. The molecule has 0 radical (unpaired) electrons. The summed E-state index contributed by atoms with van der Waals surface area (Å²) < 4.78 is 36.0. The minimum Gasteiger partial charge on any atom is -0.352 e. The van der Waals surface area contributed by atoms with Crippen molar-refractivity contribution >= 4 is 5.91 Å². The van der Waals surface area contributed by atoms with Crippen LogP contribution in [0.2, 0.25) is 0 Å². The third-order valence-corrected chi connectivity index (χ3v) is 2.52. The van der Waals surface area contributed by atoms with Gasteiger partial charge in [-0.3, -0.25) is 4.79 Å². The maximum atomic E-state index is 12.0. The Labute approximate surface area is 115 Å². The molecular formula is C14H15F3N2O. The van der Waals surface area contributed by atoms with Gasteiger partial charge in [0.1, 0.15) is 0 Å². The molecule has 0 atom stereocenters. The van der Waals surface area contributed by atoms with Gasteiger partial charge in [0.15, 0.2) is 0 Å². The van der Waals surface area contributed by atoms with Crippen molar-refractivity contribution in [1.29, 1.82) is 0 Å². The monoisotopic (exact) mass is 284 g/mol. The van der Waals surface area contributed by atoms with E-state index < -0.39 is 25.0 Å². The summed E-state index contributed by atoms with van der Waals surface area (Å²) >= 11 is 0. The van der Waals surface area contributed by atoms with Crippen LogP contribution in [-0.4, -0.2) is 25.2 Å². The van der Waals surface area contributed by atoms with E-state index in [1.807, 2.05) is 6.92 Å². The number of hydrogen-bond acceptors (Lipinski definition) is 2. The maximum Gasteiger partial charge on any atom is 0.390 e. The van der Waals surface area contributed by atoms with Crippen molar-refractivity contribution in [3.05, 3.63) is 34.9 Å². The van der Waals surface area contributed by atoms with Crippen molar-refractivity contribution in [3.8, 4) is 11.8 Å². The Morgan fingerprint density at radius 3 is 2.70 bits per heavy atom. The molecule has 108 valence electrons. The van der Waals surface area contributed by atoms with Crippen LogP contribution in [0, 0.1) is 18.8 Å². The highest BCUT2D eigenvalue weighted by molar-refractivity contribution is 5.94. The molecule has 0 aliphatic heterocycles. The fourth-order valence-electron chi connectivity index (χ4n) is 1.46. The predicted octanol–water partition coefficient (Wildman–Crippen LogP) is 1.99. The van der Waals surface area contributed by atoms with Gasteiger partial charge in [0, 0.05) is 17.7 Å². The van der Waals surface area contributed by atoms with Crippen molar-refractivity contribution in [1.82, 2.24) is 5.32 Å². The predicted molar refractivity (Wildman–Crippen MR) is 70.1 cm³/mol. The van der Waals surface area contributed by atoms with Gasteiger partial charge in [-0.1, -0.05) is 17.9 Å². The summed E-state index contributed by atoms with van der Waals surface area (Å²) in [5.41, 5.74) is 7.06. The van der Waals surface area contributed by atoms with E-state index in [9.17, 15) is 18.0 Å². The summed E-state index contributed by atoms with van der Waals surface area (Å²) in [6.45, 7) is 1.58. The van der Waals surface area contributed by atoms with Crippen LogP contribution in [0.5, 0.6) is 0 Å². The number of aryl methyl sites for hydroxylation is 1. The van der Waals surface area contributed by atoms with Gasteiger partial charge in [-0.25, -0.2) is 0 Å². The highest BCUT2D eigenvalue weighted by Gasteiger charge is 2.26. The number of hydrogen-bond donors (Lipinski definition) is 2. The van der Waals surface area contributed by atoms with Crippen molar-refractivity contribution in [2.24, 2.45) is 5.73 Å². The first-order valence-corrected chi connectivity index (χ1v) is 5.98. The van der Waals surface area contributed by atoms with Crippen LogP contribution >= 0.6 is 0 Å². The molecule has 0 aliphatic rings. The molecule has 6 heteroatoms. The smallest absolute Gasteiger partial charge is 0.352 e. The molecule has 0 aromatic heterocycles. The molecule has 0 saturated heterocycles. The standard InChI is InChI=1S/C14H15F3N2O/c1-10-4-5-12(9-11(10)3-2-7-18)13(20)19-8-6-14(15,16)17/h4-5,9H,6-8,18H2,1H3,(H,19,20). The van der Waals surface area contributed by atoms with Crippen LogP contribution in [0.15, 0.2) is 18.2 Å². The molecule has 0 fully saturated rings. The van der Waals surface area contributed by atoms with Crippen molar-refractivity contribution in [2.75, 3.05) is 13.1 Å². The Hall–Kier alpha value is -2.00. The van der Waals surface area contributed by atoms with E-state index in [-0.39, 0.29) is 12.1 Å². The van der Waals surface area contributed by atoms with E-state index in [2.05, 4.69) is 17.2 Å². The number of carbonyl (C=O) groups excluding carboxylic acids is 1. The zero-order valence-corrected chi connectivity index (χ0v) is 11.0. The van der Waals surface area contributed by atoms with E-state index in [1.54, 1.807) is 18.2 Å². The van der Waals surface area contributed by atoms with E-state index >= 15 is 0 Å². The highest BCUT2D eigenvalue weighted by atomic mass is 19.4. The largest absolute Gasteiger partial charge is 0.390 e. The first-order valence-electron chi connectivity index (χ1n) is 5.98. The quantitative estimate of drug-likeness (QED) is 0.834. The Morgan fingerprint density at radius 1 is 1.40 bits per heavy atom. The third kappa shape index (κ3) is 5.33. The Balaban J connectivity index is 2.74. The second-order valence-corrected chi connectivity index (χ2v) is 4.16. The van der Waals surface area contributed by atoms with Crippen molar-refractivity contribution in [3.63, 3.8) is 0 Å². The number of amides is 1. The van der Waals surface area contributed by atoms with Gasteiger partial charge in [0.25, 0.3) is 5.91 Å². The molecule has 1 aromatic rings. The molecule has 3 N–H and O–H groups in total. The molecule has 20 heavy (non-hydrogen) atoms. The molecule has 0 aliphatic carbocycles. The van der Waals surface area contributed by atoms with Gasteiger partial charge in [0.05, 0.1) is 13.0 Å². The number of nitrogens with one attached hydrogen (secondary N) is 1. The van der Waals surface area contributed by atoms with Crippen LogP contribution < -0.4 is 11.1 Å². The minimum absolute atomic E-state index is 0.196. The van der Waals surface area contributed by atoms with Gasteiger partial charge in [0.2, 0.25) is 0 Å². The fourth-order valence-corrected chi connectivity index (χ4v) is 1.46. The van der Waals surface area contributed by atoms with E-state index in [1.165, 1.54) is 0 Å². The van der Waals surface area contributed by atoms with Gasteiger partial charge in [-0.05, 0) is 24.6 Å². The third-order valence-electron chi connectivity index (χ3n) is 2.52. The van der Waals surface area contributed by atoms with Crippen LogP contribution in [0.4, 0.5) is 13.2 Å². The number of carbonyl (C=O) groups is 1. The average molecular weight is 284 g/mol. The van der Waals surface area contributed by atoms with Gasteiger partial charge in [-0.15, -0.1) is 0 Å². The zero-order valence-electron chi connectivity index (χ0n) is 11.0. The second kappa shape index (κ2) is 6.96. The Bertz CT molecular complexity index is 542. The van der Waals surface area contributed by atoms with Gasteiger partial charge >= 0.3 is 6.18 Å². The number of halogens is 3. The number of alkyl halides is 3. The fraction of sp³-hybridized carbons (Fsp3) is 0.357.